The maximum absolute atomic E-state index is 6.04. The van der Waals surface area contributed by atoms with E-state index >= 15 is 0 Å². The number of hydrogen-bond donors (Lipinski definition) is 1. The molecular weight excluding hydrogens is 342 g/mol. The van der Waals surface area contributed by atoms with Crippen LogP contribution in [0, 0.1) is 0 Å². The van der Waals surface area contributed by atoms with Crippen molar-refractivity contribution in [2.75, 3.05) is 11.5 Å². The second-order valence-electron chi connectivity index (χ2n) is 5.31. The van der Waals surface area contributed by atoms with Crippen LogP contribution in [0.1, 0.15) is 49.4 Å². The molecule has 2 N–H and O–H groups in total. The Morgan fingerprint density at radius 1 is 1.21 bits per heavy atom. The molecule has 19 heavy (non-hydrogen) atoms. The lowest BCUT2D eigenvalue weighted by Crippen LogP contribution is -2.23. The second kappa shape index (κ2) is 5.45. The maximum atomic E-state index is 6.04. The molecule has 3 rings (SSSR count). The summed E-state index contributed by atoms with van der Waals surface area (Å²) in [6.45, 7) is 4.59. The Kier molecular flexibility index (Phi) is 4.02. The van der Waals surface area contributed by atoms with E-state index < -0.39 is 0 Å². The molecule has 1 aliphatic heterocycles. The van der Waals surface area contributed by atoms with Gasteiger partial charge in [-0.15, -0.1) is 11.8 Å². The van der Waals surface area contributed by atoms with E-state index in [-0.39, 0.29) is 0 Å². The summed E-state index contributed by atoms with van der Waals surface area (Å²) >= 11 is 7.54. The summed E-state index contributed by atoms with van der Waals surface area (Å²) < 4.78 is 0.911. The fourth-order valence-corrected chi connectivity index (χ4v) is 5.54. The molecule has 1 aromatic heterocycles. The van der Waals surface area contributed by atoms with Gasteiger partial charge in [0.25, 0.3) is 0 Å². The number of halogens is 1. The van der Waals surface area contributed by atoms with Crippen LogP contribution >= 0.6 is 39.5 Å². The fourth-order valence-electron chi connectivity index (χ4n) is 2.19. The molecule has 3 atom stereocenters. The van der Waals surface area contributed by atoms with Crippen LogP contribution in [0.2, 0.25) is 0 Å². The first-order chi connectivity index (χ1) is 9.06. The molecule has 3 nitrogen and oxygen atoms in total. The molecule has 3 unspecified atom stereocenters. The third-order valence-electron chi connectivity index (χ3n) is 3.72. The van der Waals surface area contributed by atoms with Crippen molar-refractivity contribution >= 4 is 45.3 Å². The molecule has 0 aromatic carbocycles. The Morgan fingerprint density at radius 2 is 1.95 bits per heavy atom. The van der Waals surface area contributed by atoms with Gasteiger partial charge >= 0.3 is 0 Å². The van der Waals surface area contributed by atoms with Crippen molar-refractivity contribution in [2.24, 2.45) is 0 Å². The van der Waals surface area contributed by atoms with Crippen LogP contribution in [-0.4, -0.2) is 26.2 Å². The van der Waals surface area contributed by atoms with E-state index in [4.69, 9.17) is 10.7 Å². The largest absolute Gasteiger partial charge is 0.383 e. The zero-order valence-corrected chi connectivity index (χ0v) is 14.3. The molecule has 2 aliphatic rings. The molecule has 0 spiro atoms. The predicted molar refractivity (Wildman–Crippen MR) is 87.8 cm³/mol. The summed E-state index contributed by atoms with van der Waals surface area (Å²) in [6, 6.07) is 0. The van der Waals surface area contributed by atoms with Gasteiger partial charge in [0, 0.05) is 22.2 Å². The number of nitrogen functional groups attached to an aromatic ring is 1. The zero-order chi connectivity index (χ0) is 13.6. The van der Waals surface area contributed by atoms with Gasteiger partial charge in [-0.3, -0.25) is 0 Å². The van der Waals surface area contributed by atoms with Crippen molar-refractivity contribution in [3.05, 3.63) is 16.0 Å². The van der Waals surface area contributed by atoms with Crippen LogP contribution in [0.4, 0.5) is 5.82 Å². The Balaban J connectivity index is 1.88. The van der Waals surface area contributed by atoms with E-state index in [1.807, 2.05) is 23.5 Å². The van der Waals surface area contributed by atoms with Crippen LogP contribution in [0.25, 0.3) is 0 Å². The van der Waals surface area contributed by atoms with E-state index in [0.717, 1.165) is 21.7 Å². The highest BCUT2D eigenvalue weighted by Crippen LogP contribution is 2.47. The standard InChI is InChI=1S/C13H18BrN3S2/c1-6-7(2)19-9(5-18-6)13-16-11(8-3-4-8)10(14)12(15)17-13/h6-9H,3-5H2,1-2H3,(H2,15,16,17). The molecule has 6 heteroatoms. The number of rotatable bonds is 2. The molecule has 104 valence electrons. The van der Waals surface area contributed by atoms with Crippen molar-refractivity contribution in [3.63, 3.8) is 0 Å². The number of nitrogens with two attached hydrogens (primary N) is 1. The third kappa shape index (κ3) is 2.90. The molecule has 0 radical (unpaired) electrons. The van der Waals surface area contributed by atoms with E-state index in [0.29, 0.717) is 27.5 Å². The molecule has 0 bridgehead atoms. The topological polar surface area (TPSA) is 51.8 Å². The van der Waals surface area contributed by atoms with Gasteiger partial charge < -0.3 is 5.73 Å². The normalized spacial score (nSPS) is 31.4. The maximum Gasteiger partial charge on any atom is 0.144 e. The lowest BCUT2D eigenvalue weighted by Gasteiger charge is -2.30. The monoisotopic (exact) mass is 359 g/mol. The first-order valence-electron chi connectivity index (χ1n) is 6.66. The third-order valence-corrected chi connectivity index (χ3v) is 7.92. The summed E-state index contributed by atoms with van der Waals surface area (Å²) in [5.74, 6) is 3.21. The van der Waals surface area contributed by atoms with Crippen molar-refractivity contribution in [2.45, 2.75) is 48.4 Å². The van der Waals surface area contributed by atoms with Crippen LogP contribution in [0.5, 0.6) is 0 Å². The average Bonchev–Trinajstić information content (AvgIpc) is 3.20. The van der Waals surface area contributed by atoms with Crippen molar-refractivity contribution in [1.29, 1.82) is 0 Å². The minimum Gasteiger partial charge on any atom is -0.383 e. The van der Waals surface area contributed by atoms with Crippen molar-refractivity contribution in [3.8, 4) is 0 Å². The van der Waals surface area contributed by atoms with E-state index in [1.165, 1.54) is 12.8 Å². The SMILES string of the molecule is CC1SCC(c2nc(N)c(Br)c(C3CC3)n2)SC1C. The molecule has 1 aliphatic carbocycles. The molecule has 0 amide bonds. The highest BCUT2D eigenvalue weighted by molar-refractivity contribution is 9.10. The molecule has 1 saturated heterocycles. The number of hydrogen-bond acceptors (Lipinski definition) is 5. The van der Waals surface area contributed by atoms with E-state index in [1.54, 1.807) is 0 Å². The number of anilines is 1. The van der Waals surface area contributed by atoms with E-state index in [2.05, 4.69) is 34.8 Å². The smallest absolute Gasteiger partial charge is 0.144 e. The zero-order valence-electron chi connectivity index (χ0n) is 11.1. The summed E-state index contributed by atoms with van der Waals surface area (Å²) in [5.41, 5.74) is 7.17. The van der Waals surface area contributed by atoms with Crippen LogP contribution in [0.15, 0.2) is 4.47 Å². The quantitative estimate of drug-likeness (QED) is 0.864. The number of thioether (sulfide) groups is 2. The van der Waals surface area contributed by atoms with Crippen LogP contribution in [-0.2, 0) is 0 Å². The summed E-state index contributed by atoms with van der Waals surface area (Å²) in [4.78, 5) is 9.32. The van der Waals surface area contributed by atoms with Gasteiger partial charge in [0.1, 0.15) is 11.6 Å². The lowest BCUT2D eigenvalue weighted by atomic mass is 10.2. The molecule has 1 aromatic rings. The Morgan fingerprint density at radius 3 is 2.58 bits per heavy atom. The molecule has 1 saturated carbocycles. The minimum atomic E-state index is 0.379. The van der Waals surface area contributed by atoms with Crippen LogP contribution < -0.4 is 5.73 Å². The Hall–Kier alpha value is 0.0600. The van der Waals surface area contributed by atoms with Gasteiger partial charge in [-0.25, -0.2) is 9.97 Å². The highest BCUT2D eigenvalue weighted by Gasteiger charge is 2.32. The minimum absolute atomic E-state index is 0.379. The first kappa shape index (κ1) is 14.0. The summed E-state index contributed by atoms with van der Waals surface area (Å²) in [7, 11) is 0. The van der Waals surface area contributed by atoms with Crippen molar-refractivity contribution in [1.82, 2.24) is 9.97 Å². The first-order valence-corrected chi connectivity index (χ1v) is 9.44. The number of aromatic nitrogens is 2. The van der Waals surface area contributed by atoms with Gasteiger partial charge in [0.05, 0.1) is 15.4 Å². The van der Waals surface area contributed by atoms with E-state index in [9.17, 15) is 0 Å². The predicted octanol–water partition coefficient (Wildman–Crippen LogP) is 4.00. The van der Waals surface area contributed by atoms with Crippen molar-refractivity contribution < 1.29 is 0 Å². The fraction of sp³-hybridized carbons (Fsp3) is 0.692. The van der Waals surface area contributed by atoms with Gasteiger partial charge in [-0.1, -0.05) is 13.8 Å². The summed E-state index contributed by atoms with van der Waals surface area (Å²) in [5, 5.41) is 1.72. The highest BCUT2D eigenvalue weighted by atomic mass is 79.9. The molecule has 2 heterocycles. The van der Waals surface area contributed by atoms with Gasteiger partial charge in [0.2, 0.25) is 0 Å². The van der Waals surface area contributed by atoms with Gasteiger partial charge in [-0.05, 0) is 28.8 Å². The Bertz CT molecular complexity index is 493. The lowest BCUT2D eigenvalue weighted by molar-refractivity contribution is 0.838. The number of nitrogens with zero attached hydrogens (tertiary/aromatic N) is 2. The van der Waals surface area contributed by atoms with Crippen LogP contribution in [0.3, 0.4) is 0 Å². The summed E-state index contributed by atoms with van der Waals surface area (Å²) in [6.07, 6.45) is 2.46. The van der Waals surface area contributed by atoms with Gasteiger partial charge in [-0.2, -0.15) is 11.8 Å². The molecular formula is C13H18BrN3S2. The molecule has 2 fully saturated rings. The average molecular weight is 360 g/mol. The Labute approximate surface area is 131 Å². The van der Waals surface area contributed by atoms with Gasteiger partial charge in [0.15, 0.2) is 0 Å². The second-order valence-corrected chi connectivity index (χ2v) is 9.10.